The van der Waals surface area contributed by atoms with E-state index in [1.807, 2.05) is 0 Å². The van der Waals surface area contributed by atoms with Gasteiger partial charge in [0.25, 0.3) is 0 Å². The summed E-state index contributed by atoms with van der Waals surface area (Å²) in [5.41, 5.74) is 2.62. The van der Waals surface area contributed by atoms with Crippen molar-refractivity contribution >= 4 is 44.7 Å². The monoisotopic (exact) mass is 336 g/mol. The first-order chi connectivity index (χ1) is 7.83. The van der Waals surface area contributed by atoms with Gasteiger partial charge in [0.1, 0.15) is 0 Å². The maximum absolute atomic E-state index is 2.36. The highest BCUT2D eigenvalue weighted by Gasteiger charge is 2.01. The Morgan fingerprint density at radius 3 is 2.38 bits per heavy atom. The summed E-state index contributed by atoms with van der Waals surface area (Å²) < 4.78 is 1.33. The third-order valence-corrected chi connectivity index (χ3v) is 4.44. The van der Waals surface area contributed by atoms with Gasteiger partial charge in [-0.2, -0.15) is 0 Å². The Hall–Kier alpha value is -0.870. The minimum Gasteiger partial charge on any atom is -0.137 e. The van der Waals surface area contributed by atoms with Crippen LogP contribution < -0.4 is 0 Å². The van der Waals surface area contributed by atoms with E-state index in [2.05, 4.69) is 76.5 Å². The molecule has 16 heavy (non-hydrogen) atoms. The normalized spacial score (nSPS) is 10.8. The molecule has 0 nitrogen and oxygen atoms in total. The van der Waals surface area contributed by atoms with E-state index < -0.39 is 0 Å². The van der Waals surface area contributed by atoms with Gasteiger partial charge in [-0.15, -0.1) is 11.3 Å². The van der Waals surface area contributed by atoms with Crippen molar-refractivity contribution in [3.05, 3.63) is 56.8 Å². The van der Waals surface area contributed by atoms with Gasteiger partial charge < -0.3 is 0 Å². The van der Waals surface area contributed by atoms with E-state index in [1.165, 1.54) is 24.8 Å². The van der Waals surface area contributed by atoms with Crippen molar-refractivity contribution < 1.29 is 0 Å². The van der Waals surface area contributed by atoms with Gasteiger partial charge in [-0.1, -0.05) is 36.4 Å². The molecule has 2 aromatic carbocycles. The number of halogens is 1. The number of fused-ring (bicyclic) bond motifs is 1. The molecule has 0 amide bonds. The molecule has 1 aromatic heterocycles. The van der Waals surface area contributed by atoms with E-state index >= 15 is 0 Å². The van der Waals surface area contributed by atoms with E-state index in [0.717, 1.165) is 0 Å². The van der Waals surface area contributed by atoms with Crippen LogP contribution in [0.4, 0.5) is 0 Å². The maximum Gasteiger partial charge on any atom is 0.0659 e. The van der Waals surface area contributed by atoms with Gasteiger partial charge in [-0.25, -0.2) is 0 Å². The molecular formula is C14H9IS. The minimum absolute atomic E-state index is 1.30. The first kappa shape index (κ1) is 10.3. The summed E-state index contributed by atoms with van der Waals surface area (Å²) in [6.45, 7) is 0. The molecule has 0 aliphatic carbocycles. The first-order valence-corrected chi connectivity index (χ1v) is 7.02. The molecule has 2 heteroatoms. The second kappa shape index (κ2) is 4.18. The van der Waals surface area contributed by atoms with Crippen molar-refractivity contribution in [3.8, 4) is 11.1 Å². The Labute approximate surface area is 112 Å². The van der Waals surface area contributed by atoms with Crippen molar-refractivity contribution in [2.24, 2.45) is 0 Å². The molecule has 0 saturated heterocycles. The topological polar surface area (TPSA) is 0 Å². The third-order valence-electron chi connectivity index (χ3n) is 2.65. The van der Waals surface area contributed by atoms with Gasteiger partial charge in [0.15, 0.2) is 0 Å². The highest BCUT2D eigenvalue weighted by molar-refractivity contribution is 14.1. The van der Waals surface area contributed by atoms with Gasteiger partial charge >= 0.3 is 0 Å². The Bertz CT molecular complexity index is 640. The van der Waals surface area contributed by atoms with E-state index in [1.54, 1.807) is 11.3 Å². The number of benzene rings is 2. The lowest BCUT2D eigenvalue weighted by molar-refractivity contribution is 1.71. The summed E-state index contributed by atoms with van der Waals surface area (Å²) in [6, 6.07) is 17.4. The summed E-state index contributed by atoms with van der Waals surface area (Å²) in [5, 5.41) is 4.82. The van der Waals surface area contributed by atoms with Crippen LogP contribution in [0.25, 0.3) is 21.9 Å². The molecular weight excluding hydrogens is 327 g/mol. The molecule has 0 aliphatic heterocycles. The summed E-state index contributed by atoms with van der Waals surface area (Å²) in [5.74, 6) is 0. The third kappa shape index (κ3) is 1.87. The lowest BCUT2D eigenvalue weighted by Gasteiger charge is -2.01. The highest BCUT2D eigenvalue weighted by atomic mass is 127. The van der Waals surface area contributed by atoms with Crippen LogP contribution in [0.1, 0.15) is 0 Å². The van der Waals surface area contributed by atoms with Gasteiger partial charge in [-0.3, -0.25) is 0 Å². The summed E-state index contributed by atoms with van der Waals surface area (Å²) in [6.07, 6.45) is 0. The Morgan fingerprint density at radius 2 is 1.62 bits per heavy atom. The highest BCUT2D eigenvalue weighted by Crippen LogP contribution is 2.28. The molecule has 0 atom stereocenters. The van der Waals surface area contributed by atoms with Crippen LogP contribution in [-0.2, 0) is 0 Å². The average Bonchev–Trinajstić information content (AvgIpc) is 2.75. The van der Waals surface area contributed by atoms with Gasteiger partial charge in [0.05, 0.1) is 2.88 Å². The minimum atomic E-state index is 1.30. The predicted molar refractivity (Wildman–Crippen MR) is 80.0 cm³/mol. The molecule has 0 aliphatic rings. The fraction of sp³-hybridized carbons (Fsp3) is 0. The lowest BCUT2D eigenvalue weighted by atomic mass is 10.0. The molecule has 0 bridgehead atoms. The number of hydrogen-bond donors (Lipinski definition) is 0. The molecule has 3 rings (SSSR count). The smallest absolute Gasteiger partial charge is 0.0659 e. The molecule has 0 fully saturated rings. The van der Waals surface area contributed by atoms with Crippen LogP contribution in [-0.4, -0.2) is 0 Å². The van der Waals surface area contributed by atoms with Crippen molar-refractivity contribution in [1.82, 2.24) is 0 Å². The van der Waals surface area contributed by atoms with Crippen molar-refractivity contribution in [3.63, 3.8) is 0 Å². The second-order valence-electron chi connectivity index (χ2n) is 3.70. The van der Waals surface area contributed by atoms with Crippen LogP contribution in [0.3, 0.4) is 0 Å². The quantitative estimate of drug-likeness (QED) is 0.538. The van der Waals surface area contributed by atoms with Crippen LogP contribution in [0.5, 0.6) is 0 Å². The summed E-state index contributed by atoms with van der Waals surface area (Å²) >= 11 is 4.16. The number of rotatable bonds is 1. The molecule has 78 valence electrons. The number of hydrogen-bond acceptors (Lipinski definition) is 1. The van der Waals surface area contributed by atoms with Gasteiger partial charge in [0, 0.05) is 0 Å². The van der Waals surface area contributed by atoms with Crippen molar-refractivity contribution in [2.45, 2.75) is 0 Å². The van der Waals surface area contributed by atoms with Crippen LogP contribution in [0.2, 0.25) is 0 Å². The van der Waals surface area contributed by atoms with E-state index in [0.29, 0.717) is 0 Å². The zero-order chi connectivity index (χ0) is 11.0. The van der Waals surface area contributed by atoms with E-state index in [-0.39, 0.29) is 0 Å². The van der Waals surface area contributed by atoms with Crippen molar-refractivity contribution in [1.29, 1.82) is 0 Å². The number of thiophene rings is 1. The van der Waals surface area contributed by atoms with Crippen LogP contribution in [0, 0.1) is 2.88 Å². The van der Waals surface area contributed by atoms with Crippen LogP contribution in [0.15, 0.2) is 53.9 Å². The molecule has 0 saturated carbocycles. The molecule has 0 unspecified atom stereocenters. The maximum atomic E-state index is 2.36. The van der Waals surface area contributed by atoms with Gasteiger partial charge in [-0.05, 0) is 62.0 Å². The Balaban J connectivity index is 2.18. The fourth-order valence-electron chi connectivity index (χ4n) is 1.83. The standard InChI is InChI=1S/C14H9IS/c15-14-8-13(9-16-14)12-6-5-10-3-1-2-4-11(10)7-12/h1-9H. The van der Waals surface area contributed by atoms with E-state index in [4.69, 9.17) is 0 Å². The molecule has 0 N–H and O–H groups in total. The molecule has 3 aromatic rings. The molecule has 0 spiro atoms. The summed E-state index contributed by atoms with van der Waals surface area (Å²) in [7, 11) is 0. The predicted octanol–water partition coefficient (Wildman–Crippen LogP) is 5.17. The molecule has 0 radical (unpaired) electrons. The fourth-order valence-corrected chi connectivity index (χ4v) is 3.19. The largest absolute Gasteiger partial charge is 0.137 e. The van der Waals surface area contributed by atoms with Gasteiger partial charge in [0.2, 0.25) is 0 Å². The average molecular weight is 336 g/mol. The van der Waals surface area contributed by atoms with Crippen LogP contribution >= 0.6 is 33.9 Å². The second-order valence-corrected chi connectivity index (χ2v) is 6.51. The van der Waals surface area contributed by atoms with Crippen molar-refractivity contribution in [2.75, 3.05) is 0 Å². The zero-order valence-electron chi connectivity index (χ0n) is 8.48. The zero-order valence-corrected chi connectivity index (χ0v) is 11.5. The Kier molecular flexibility index (Phi) is 2.69. The lowest BCUT2D eigenvalue weighted by Crippen LogP contribution is -1.75. The Morgan fingerprint density at radius 1 is 0.812 bits per heavy atom. The first-order valence-electron chi connectivity index (χ1n) is 5.06. The van der Waals surface area contributed by atoms with E-state index in [9.17, 15) is 0 Å². The molecule has 1 heterocycles. The summed E-state index contributed by atoms with van der Waals surface area (Å²) in [4.78, 5) is 0. The SMILES string of the molecule is Ic1cc(-c2ccc3ccccc3c2)cs1.